The Morgan fingerprint density at radius 2 is 1.86 bits per heavy atom. The van der Waals surface area contributed by atoms with E-state index in [1.807, 2.05) is 6.07 Å². The Balaban J connectivity index is 1.96. The van der Waals surface area contributed by atoms with E-state index in [2.05, 4.69) is 0 Å². The fraction of sp³-hybridized carbons (Fsp3) is 0.533. The molecule has 1 aliphatic carbocycles. The Morgan fingerprint density at radius 3 is 2.57 bits per heavy atom. The second-order valence-corrected chi connectivity index (χ2v) is 7.64. The van der Waals surface area contributed by atoms with Crippen molar-refractivity contribution in [2.24, 2.45) is 0 Å². The number of aliphatic carboxylic acids is 1. The summed E-state index contributed by atoms with van der Waals surface area (Å²) in [6.45, 7) is 0.288. The quantitative estimate of drug-likeness (QED) is 0.924. The first kappa shape index (κ1) is 14.5. The number of aryl methyl sites for hydroxylation is 2. The molecule has 0 unspecified atom stereocenters. The van der Waals surface area contributed by atoms with Gasteiger partial charge < -0.3 is 5.11 Å². The van der Waals surface area contributed by atoms with Crippen molar-refractivity contribution in [1.29, 1.82) is 0 Å². The van der Waals surface area contributed by atoms with Crippen LogP contribution in [0.25, 0.3) is 0 Å². The minimum atomic E-state index is -3.71. The Bertz CT molecular complexity index is 668. The molecule has 0 saturated carbocycles. The van der Waals surface area contributed by atoms with Crippen molar-refractivity contribution in [3.8, 4) is 0 Å². The van der Waals surface area contributed by atoms with Crippen LogP contribution in [0.1, 0.15) is 36.8 Å². The summed E-state index contributed by atoms with van der Waals surface area (Å²) in [6, 6.07) is 4.32. The predicted octanol–water partition coefficient (Wildman–Crippen LogP) is 1.80. The molecule has 0 spiro atoms. The highest BCUT2D eigenvalue weighted by atomic mass is 32.2. The molecule has 1 fully saturated rings. The summed E-state index contributed by atoms with van der Waals surface area (Å²) in [5.74, 6) is -1.06. The van der Waals surface area contributed by atoms with Gasteiger partial charge >= 0.3 is 5.97 Å². The summed E-state index contributed by atoms with van der Waals surface area (Å²) in [7, 11) is -3.71. The summed E-state index contributed by atoms with van der Waals surface area (Å²) in [5, 5.41) is 9.18. The zero-order valence-corrected chi connectivity index (χ0v) is 12.6. The summed E-state index contributed by atoms with van der Waals surface area (Å²) in [4.78, 5) is 11.4. The van der Waals surface area contributed by atoms with Crippen LogP contribution in [0.3, 0.4) is 0 Å². The van der Waals surface area contributed by atoms with Gasteiger partial charge in [-0.25, -0.2) is 8.42 Å². The summed E-state index contributed by atoms with van der Waals surface area (Å²) in [5.41, 5.74) is 2.31. The first-order valence-corrected chi connectivity index (χ1v) is 8.80. The number of sulfonamides is 1. The Labute approximate surface area is 124 Å². The number of hydrogen-bond donors (Lipinski definition) is 1. The first-order chi connectivity index (χ1) is 10.00. The predicted molar refractivity (Wildman–Crippen MR) is 77.6 cm³/mol. The average Bonchev–Trinajstić information content (AvgIpc) is 2.97. The zero-order chi connectivity index (χ0) is 15.0. The van der Waals surface area contributed by atoms with Crippen LogP contribution in [-0.2, 0) is 27.7 Å². The van der Waals surface area contributed by atoms with Crippen molar-refractivity contribution < 1.29 is 18.3 Å². The average molecular weight is 309 g/mol. The van der Waals surface area contributed by atoms with Gasteiger partial charge in [0.1, 0.15) is 6.04 Å². The van der Waals surface area contributed by atoms with Gasteiger partial charge in [-0.2, -0.15) is 4.31 Å². The van der Waals surface area contributed by atoms with E-state index < -0.39 is 22.0 Å². The molecule has 114 valence electrons. The van der Waals surface area contributed by atoms with E-state index in [0.717, 1.165) is 35.6 Å². The fourth-order valence-electron chi connectivity index (χ4n) is 3.28. The van der Waals surface area contributed by atoms with Crippen molar-refractivity contribution in [3.63, 3.8) is 0 Å². The molecule has 1 aromatic rings. The van der Waals surface area contributed by atoms with Gasteiger partial charge in [0, 0.05) is 6.54 Å². The van der Waals surface area contributed by atoms with Gasteiger partial charge in [0.05, 0.1) is 4.90 Å². The molecule has 1 aromatic carbocycles. The van der Waals surface area contributed by atoms with Gasteiger partial charge in [0.25, 0.3) is 0 Å². The van der Waals surface area contributed by atoms with Crippen molar-refractivity contribution in [2.75, 3.05) is 6.54 Å². The molecule has 1 saturated heterocycles. The van der Waals surface area contributed by atoms with Crippen LogP contribution < -0.4 is 0 Å². The first-order valence-electron chi connectivity index (χ1n) is 7.36. The maximum absolute atomic E-state index is 12.7. The molecule has 21 heavy (non-hydrogen) atoms. The molecular formula is C15H19NO4S. The second kappa shape index (κ2) is 5.42. The highest BCUT2D eigenvalue weighted by Crippen LogP contribution is 2.29. The van der Waals surface area contributed by atoms with Gasteiger partial charge in [0.15, 0.2) is 0 Å². The van der Waals surface area contributed by atoms with Crippen molar-refractivity contribution >= 4 is 16.0 Å². The molecule has 1 heterocycles. The minimum absolute atomic E-state index is 0.233. The highest BCUT2D eigenvalue weighted by molar-refractivity contribution is 7.89. The standard InChI is InChI=1S/C15H19NO4S/c17-15(18)14-6-3-9-16(14)21(19,20)13-8-7-11-4-1-2-5-12(11)10-13/h7-8,10,14H,1-6,9H2,(H,17,18)/t14-/m1/s1. The third-order valence-electron chi connectivity index (χ3n) is 4.42. The maximum atomic E-state index is 12.7. The van der Waals surface area contributed by atoms with E-state index in [1.54, 1.807) is 12.1 Å². The van der Waals surface area contributed by atoms with Gasteiger partial charge in [-0.15, -0.1) is 0 Å². The van der Waals surface area contributed by atoms with Gasteiger partial charge in [-0.3, -0.25) is 4.79 Å². The van der Waals surface area contributed by atoms with E-state index in [-0.39, 0.29) is 11.4 Å². The van der Waals surface area contributed by atoms with Crippen molar-refractivity contribution in [1.82, 2.24) is 4.31 Å². The molecule has 0 bridgehead atoms. The smallest absolute Gasteiger partial charge is 0.322 e. The Kier molecular flexibility index (Phi) is 3.75. The molecule has 1 atom stereocenters. The molecule has 3 rings (SSSR count). The third kappa shape index (κ3) is 2.58. The summed E-state index contributed by atoms with van der Waals surface area (Å²) >= 11 is 0. The number of carboxylic acids is 1. The molecular weight excluding hydrogens is 290 g/mol. The van der Waals surface area contributed by atoms with Crippen molar-refractivity contribution in [3.05, 3.63) is 29.3 Å². The van der Waals surface area contributed by atoms with E-state index in [1.165, 1.54) is 5.56 Å². The SMILES string of the molecule is O=C(O)[C@H]1CCCN1S(=O)(=O)c1ccc2c(c1)CCCC2. The van der Waals surface area contributed by atoms with Gasteiger partial charge in [-0.05, 0) is 61.8 Å². The summed E-state index contributed by atoms with van der Waals surface area (Å²) in [6.07, 6.45) is 5.11. The lowest BCUT2D eigenvalue weighted by atomic mass is 9.92. The number of rotatable bonds is 3. The number of hydrogen-bond acceptors (Lipinski definition) is 3. The lowest BCUT2D eigenvalue weighted by Gasteiger charge is -2.22. The molecule has 5 nitrogen and oxygen atoms in total. The minimum Gasteiger partial charge on any atom is -0.480 e. The van der Waals surface area contributed by atoms with Gasteiger partial charge in [0.2, 0.25) is 10.0 Å². The normalized spacial score (nSPS) is 23.0. The van der Waals surface area contributed by atoms with Crippen LogP contribution in [0.5, 0.6) is 0 Å². The number of benzene rings is 1. The number of carbonyl (C=O) groups is 1. The molecule has 6 heteroatoms. The number of fused-ring (bicyclic) bond motifs is 1. The van der Waals surface area contributed by atoms with Crippen LogP contribution in [0.2, 0.25) is 0 Å². The third-order valence-corrected chi connectivity index (χ3v) is 6.32. The van der Waals surface area contributed by atoms with Crippen LogP contribution >= 0.6 is 0 Å². The lowest BCUT2D eigenvalue weighted by Crippen LogP contribution is -2.40. The van der Waals surface area contributed by atoms with Crippen LogP contribution in [0.4, 0.5) is 0 Å². The molecule has 1 aliphatic heterocycles. The van der Waals surface area contributed by atoms with E-state index >= 15 is 0 Å². The topological polar surface area (TPSA) is 74.7 Å². The van der Waals surface area contributed by atoms with Gasteiger partial charge in [-0.1, -0.05) is 6.07 Å². The Morgan fingerprint density at radius 1 is 1.14 bits per heavy atom. The van der Waals surface area contributed by atoms with E-state index in [0.29, 0.717) is 12.8 Å². The monoisotopic (exact) mass is 309 g/mol. The van der Waals surface area contributed by atoms with Crippen LogP contribution in [0, 0.1) is 0 Å². The van der Waals surface area contributed by atoms with E-state index in [4.69, 9.17) is 0 Å². The second-order valence-electron chi connectivity index (χ2n) is 5.75. The molecule has 0 aromatic heterocycles. The molecule has 0 radical (unpaired) electrons. The summed E-state index contributed by atoms with van der Waals surface area (Å²) < 4.78 is 26.5. The molecule has 1 N–H and O–H groups in total. The molecule has 0 amide bonds. The molecule has 2 aliphatic rings. The van der Waals surface area contributed by atoms with Crippen molar-refractivity contribution in [2.45, 2.75) is 49.5 Å². The van der Waals surface area contributed by atoms with Crippen LogP contribution in [-0.4, -0.2) is 36.4 Å². The Hall–Kier alpha value is -1.40. The number of carboxylic acid groups (broad SMARTS) is 1. The fourth-order valence-corrected chi connectivity index (χ4v) is 4.98. The number of nitrogens with zero attached hydrogens (tertiary/aromatic N) is 1. The van der Waals surface area contributed by atoms with Crippen LogP contribution in [0.15, 0.2) is 23.1 Å². The lowest BCUT2D eigenvalue weighted by molar-refractivity contribution is -0.140. The highest BCUT2D eigenvalue weighted by Gasteiger charge is 2.39. The largest absolute Gasteiger partial charge is 0.480 e. The maximum Gasteiger partial charge on any atom is 0.322 e. The van der Waals surface area contributed by atoms with E-state index in [9.17, 15) is 18.3 Å². The zero-order valence-electron chi connectivity index (χ0n) is 11.8.